The summed E-state index contributed by atoms with van der Waals surface area (Å²) in [6.45, 7) is 8.29. The van der Waals surface area contributed by atoms with E-state index in [-0.39, 0.29) is 6.04 Å². The lowest BCUT2D eigenvalue weighted by atomic mass is 10.2. The minimum atomic E-state index is -0.854. The molecule has 0 saturated carbocycles. The van der Waals surface area contributed by atoms with Gasteiger partial charge in [-0.1, -0.05) is 0 Å². The van der Waals surface area contributed by atoms with Gasteiger partial charge in [0.25, 0.3) is 0 Å². The minimum absolute atomic E-state index is 0.199. The number of aliphatic hydroxyl groups is 1. The Morgan fingerprint density at radius 2 is 1.96 bits per heavy atom. The van der Waals surface area contributed by atoms with Gasteiger partial charge in [-0.25, -0.2) is 4.98 Å². The van der Waals surface area contributed by atoms with Crippen molar-refractivity contribution in [2.75, 3.05) is 11.9 Å². The van der Waals surface area contributed by atoms with Crippen LogP contribution >= 0.6 is 0 Å². The van der Waals surface area contributed by atoms with Crippen molar-refractivity contribution in [1.29, 1.82) is 0 Å². The second-order valence-electron chi connectivity index (χ2n) is 6.12. The van der Waals surface area contributed by atoms with E-state index in [2.05, 4.69) is 15.3 Å². The van der Waals surface area contributed by atoms with Gasteiger partial charge >= 0.3 is 0 Å². The average Bonchev–Trinajstić information content (AvgIpc) is 3.02. The molecule has 0 saturated heterocycles. The molecule has 25 heavy (non-hydrogen) atoms. The van der Waals surface area contributed by atoms with Crippen LogP contribution in [-0.2, 0) is 4.74 Å². The maximum absolute atomic E-state index is 10.1. The number of ether oxygens (including phenoxy) is 1. The van der Waals surface area contributed by atoms with Crippen molar-refractivity contribution in [3.05, 3.63) is 48.0 Å². The molecule has 6 nitrogen and oxygen atoms in total. The number of hydrogen-bond acceptors (Lipinski definition) is 5. The first kappa shape index (κ1) is 17.4. The summed E-state index contributed by atoms with van der Waals surface area (Å²) in [5.41, 5.74) is 4.00. The highest BCUT2D eigenvalue weighted by Gasteiger charge is 2.19. The van der Waals surface area contributed by atoms with Crippen LogP contribution in [0.1, 0.15) is 31.1 Å². The Kier molecular flexibility index (Phi) is 5.01. The van der Waals surface area contributed by atoms with Crippen molar-refractivity contribution in [3.63, 3.8) is 0 Å². The van der Waals surface area contributed by atoms with Gasteiger partial charge in [-0.2, -0.15) is 0 Å². The zero-order valence-corrected chi connectivity index (χ0v) is 15.0. The zero-order valence-electron chi connectivity index (χ0n) is 15.0. The Balaban J connectivity index is 1.99. The van der Waals surface area contributed by atoms with Crippen LogP contribution in [-0.4, -0.2) is 32.5 Å². The van der Waals surface area contributed by atoms with Gasteiger partial charge in [0.05, 0.1) is 22.9 Å². The molecule has 3 rings (SSSR count). The molecule has 6 heteroatoms. The fraction of sp³-hybridized carbons (Fsp3) is 0.368. The molecular formula is C19H24N4O2. The number of nitrogens with zero attached hydrogens (tertiary/aromatic N) is 3. The van der Waals surface area contributed by atoms with Gasteiger partial charge in [0.1, 0.15) is 5.82 Å². The van der Waals surface area contributed by atoms with Crippen LogP contribution in [0.15, 0.2) is 36.8 Å². The highest BCUT2D eigenvalue weighted by atomic mass is 16.6. The summed E-state index contributed by atoms with van der Waals surface area (Å²) in [4.78, 5) is 8.84. The predicted molar refractivity (Wildman–Crippen MR) is 99.1 cm³/mol. The first-order valence-electron chi connectivity index (χ1n) is 8.47. The largest absolute Gasteiger partial charge is 0.366 e. The number of pyridine rings is 2. The third-order valence-corrected chi connectivity index (χ3v) is 4.43. The van der Waals surface area contributed by atoms with Crippen LogP contribution in [0.25, 0.3) is 10.9 Å². The maximum Gasteiger partial charge on any atom is 0.175 e. The van der Waals surface area contributed by atoms with Crippen LogP contribution in [0.4, 0.5) is 11.5 Å². The molecule has 0 aliphatic rings. The Morgan fingerprint density at radius 1 is 1.20 bits per heavy atom. The third-order valence-electron chi connectivity index (χ3n) is 4.43. The lowest BCUT2D eigenvalue weighted by Crippen LogP contribution is -2.24. The molecule has 0 amide bonds. The van der Waals surface area contributed by atoms with E-state index in [1.165, 1.54) is 0 Å². The molecule has 2 unspecified atom stereocenters. The standard InChI is InChI=1S/C19H24N4O2/c1-5-25-19(24)14(4)23-11-8-15-16(23)7-10-21-18(15)22-17-12(2)6-9-20-13(17)3/h6-11,14,19,24H,5H2,1-4H3,(H,21,22). The normalized spacial score (nSPS) is 13.8. The van der Waals surface area contributed by atoms with Crippen molar-refractivity contribution in [3.8, 4) is 0 Å². The monoisotopic (exact) mass is 340 g/mol. The summed E-state index contributed by atoms with van der Waals surface area (Å²) in [5, 5.41) is 14.5. The van der Waals surface area contributed by atoms with Crippen LogP contribution in [0.5, 0.6) is 0 Å². The van der Waals surface area contributed by atoms with E-state index in [4.69, 9.17) is 4.74 Å². The summed E-state index contributed by atoms with van der Waals surface area (Å²) in [6, 6.07) is 5.72. The van der Waals surface area contributed by atoms with E-state index in [0.29, 0.717) is 6.61 Å². The number of rotatable bonds is 6. The van der Waals surface area contributed by atoms with Gasteiger partial charge in [-0.3, -0.25) is 4.98 Å². The Labute approximate surface area is 147 Å². The van der Waals surface area contributed by atoms with Crippen molar-refractivity contribution >= 4 is 22.4 Å². The minimum Gasteiger partial charge on any atom is -0.366 e. The van der Waals surface area contributed by atoms with Gasteiger partial charge in [0.15, 0.2) is 6.29 Å². The third kappa shape index (κ3) is 3.36. The van der Waals surface area contributed by atoms with E-state index in [9.17, 15) is 5.11 Å². The average molecular weight is 340 g/mol. The van der Waals surface area contributed by atoms with Gasteiger partial charge in [-0.15, -0.1) is 0 Å². The molecule has 3 aromatic rings. The molecule has 0 aliphatic heterocycles. The summed E-state index contributed by atoms with van der Waals surface area (Å²) in [5.74, 6) is 0.772. The van der Waals surface area contributed by atoms with Crippen molar-refractivity contribution in [1.82, 2.24) is 14.5 Å². The van der Waals surface area contributed by atoms with Gasteiger partial charge in [0.2, 0.25) is 0 Å². The number of hydrogen-bond donors (Lipinski definition) is 2. The van der Waals surface area contributed by atoms with Crippen molar-refractivity contribution in [2.24, 2.45) is 0 Å². The molecule has 2 atom stereocenters. The Hall–Kier alpha value is -2.44. The number of aryl methyl sites for hydroxylation is 2. The molecule has 0 bridgehead atoms. The number of fused-ring (bicyclic) bond motifs is 1. The van der Waals surface area contributed by atoms with E-state index in [1.807, 2.05) is 56.7 Å². The molecule has 3 heterocycles. The van der Waals surface area contributed by atoms with E-state index in [0.717, 1.165) is 33.7 Å². The first-order valence-corrected chi connectivity index (χ1v) is 8.47. The lowest BCUT2D eigenvalue weighted by molar-refractivity contribution is -0.120. The van der Waals surface area contributed by atoms with Crippen LogP contribution < -0.4 is 5.32 Å². The van der Waals surface area contributed by atoms with Crippen LogP contribution in [0, 0.1) is 13.8 Å². The van der Waals surface area contributed by atoms with Crippen LogP contribution in [0.2, 0.25) is 0 Å². The van der Waals surface area contributed by atoms with Gasteiger partial charge in [0, 0.05) is 30.6 Å². The summed E-state index contributed by atoms with van der Waals surface area (Å²) in [7, 11) is 0. The highest BCUT2D eigenvalue weighted by Crippen LogP contribution is 2.30. The number of aliphatic hydroxyl groups excluding tert-OH is 1. The molecule has 0 fully saturated rings. The molecule has 132 valence electrons. The summed E-state index contributed by atoms with van der Waals surface area (Å²) in [6.07, 6.45) is 4.67. The predicted octanol–water partition coefficient (Wildman–Crippen LogP) is 3.71. The fourth-order valence-corrected chi connectivity index (χ4v) is 2.99. The SMILES string of the molecule is CCOC(O)C(C)n1ccc2c(Nc3c(C)ccnc3C)nccc21. The topological polar surface area (TPSA) is 72.2 Å². The summed E-state index contributed by atoms with van der Waals surface area (Å²) >= 11 is 0. The van der Waals surface area contributed by atoms with E-state index in [1.54, 1.807) is 12.4 Å². The fourth-order valence-electron chi connectivity index (χ4n) is 2.99. The molecule has 2 N–H and O–H groups in total. The van der Waals surface area contributed by atoms with Gasteiger partial charge < -0.3 is 19.7 Å². The Morgan fingerprint density at radius 3 is 2.68 bits per heavy atom. The molecule has 0 aliphatic carbocycles. The molecular weight excluding hydrogens is 316 g/mol. The van der Waals surface area contributed by atoms with E-state index < -0.39 is 6.29 Å². The quantitative estimate of drug-likeness (QED) is 0.669. The second kappa shape index (κ2) is 7.21. The molecule has 0 spiro atoms. The molecule has 0 aromatic carbocycles. The van der Waals surface area contributed by atoms with E-state index >= 15 is 0 Å². The number of nitrogens with one attached hydrogen (secondary N) is 1. The maximum atomic E-state index is 10.1. The molecule has 3 aromatic heterocycles. The van der Waals surface area contributed by atoms with Crippen molar-refractivity contribution < 1.29 is 9.84 Å². The second-order valence-corrected chi connectivity index (χ2v) is 6.12. The van der Waals surface area contributed by atoms with Crippen molar-refractivity contribution in [2.45, 2.75) is 40.0 Å². The number of aromatic nitrogens is 3. The smallest absolute Gasteiger partial charge is 0.175 e. The molecule has 0 radical (unpaired) electrons. The Bertz CT molecular complexity index is 855. The van der Waals surface area contributed by atoms with Crippen LogP contribution in [0.3, 0.4) is 0 Å². The number of anilines is 2. The zero-order chi connectivity index (χ0) is 18.0. The first-order chi connectivity index (χ1) is 12.0. The van der Waals surface area contributed by atoms with Gasteiger partial charge in [-0.05, 0) is 51.5 Å². The summed E-state index contributed by atoms with van der Waals surface area (Å²) < 4.78 is 7.33. The lowest BCUT2D eigenvalue weighted by Gasteiger charge is -2.21. The highest BCUT2D eigenvalue weighted by molar-refractivity contribution is 5.92.